The number of nitrogens with zero attached hydrogens (tertiary/aromatic N) is 3. The molecule has 0 bridgehead atoms. The third kappa shape index (κ3) is 11.0. The van der Waals surface area contributed by atoms with Crippen LogP contribution < -0.4 is 10.0 Å². The molecule has 2 N–H and O–H groups in total. The quantitative estimate of drug-likeness (QED) is 0.277. The molecule has 1 heterocycles. The van der Waals surface area contributed by atoms with Gasteiger partial charge < -0.3 is 10.2 Å². The van der Waals surface area contributed by atoms with Crippen LogP contribution in [0.3, 0.4) is 0 Å². The summed E-state index contributed by atoms with van der Waals surface area (Å²) in [6.07, 6.45) is -2.29. The fourth-order valence-electron chi connectivity index (χ4n) is 3.27. The number of rotatable bonds is 8. The van der Waals surface area contributed by atoms with Crippen molar-refractivity contribution in [2.75, 3.05) is 52.6 Å². The maximum atomic E-state index is 12.6. The van der Waals surface area contributed by atoms with Crippen molar-refractivity contribution in [3.05, 3.63) is 0 Å². The first-order valence-electron chi connectivity index (χ1n) is 8.98. The molecule has 0 spiro atoms. The summed E-state index contributed by atoms with van der Waals surface area (Å²) in [7, 11) is -1.70. The molecule has 168 valence electrons. The molecule has 0 saturated carbocycles. The lowest BCUT2D eigenvalue weighted by molar-refractivity contribution is -0.146. The normalized spacial score (nSPS) is 19.1. The van der Waals surface area contributed by atoms with Gasteiger partial charge in [-0.25, -0.2) is 13.1 Å². The summed E-state index contributed by atoms with van der Waals surface area (Å²) in [6.45, 7) is 6.77. The van der Waals surface area contributed by atoms with Crippen LogP contribution in [0.15, 0.2) is 4.99 Å². The number of likely N-dealkylation sites (tertiary alicyclic amines) is 1. The van der Waals surface area contributed by atoms with Gasteiger partial charge in [-0.05, 0) is 32.7 Å². The summed E-state index contributed by atoms with van der Waals surface area (Å²) in [5.74, 6) is 0.757. The standard InChI is InChI=1S/C16H32F3N5O2S.HI/c1-6-23(12-16(17,18)19)9-13-7-8-24(10-13)14(20-4)21-11-15(2,3)22-27(5,25)26;/h13,22H,6-12H2,1-5H3,(H,20,21);1H. The van der Waals surface area contributed by atoms with Gasteiger partial charge >= 0.3 is 6.18 Å². The smallest absolute Gasteiger partial charge is 0.354 e. The molecule has 0 aromatic heterocycles. The van der Waals surface area contributed by atoms with Gasteiger partial charge in [0.25, 0.3) is 0 Å². The van der Waals surface area contributed by atoms with Gasteiger partial charge in [0.05, 0.1) is 12.8 Å². The zero-order chi connectivity index (χ0) is 20.9. The van der Waals surface area contributed by atoms with Gasteiger partial charge in [0.1, 0.15) is 0 Å². The molecule has 1 atom stereocenters. The average Bonchev–Trinajstić information content (AvgIpc) is 2.91. The molecule has 1 saturated heterocycles. The molecule has 7 nitrogen and oxygen atoms in total. The summed E-state index contributed by atoms with van der Waals surface area (Å²) in [6, 6.07) is 0. The van der Waals surface area contributed by atoms with E-state index in [0.29, 0.717) is 38.7 Å². The Balaban J connectivity index is 0.00000729. The van der Waals surface area contributed by atoms with Crippen molar-refractivity contribution in [3.63, 3.8) is 0 Å². The summed E-state index contributed by atoms with van der Waals surface area (Å²) >= 11 is 0. The number of halogens is 4. The molecule has 0 amide bonds. The minimum absolute atomic E-state index is 0. The number of sulfonamides is 1. The Hall–Kier alpha value is -0.340. The number of hydrogen-bond acceptors (Lipinski definition) is 4. The molecule has 0 aromatic carbocycles. The molecular formula is C16H33F3IN5O2S. The number of alkyl halides is 3. The first kappa shape index (κ1) is 27.7. The topological polar surface area (TPSA) is 77.0 Å². The van der Waals surface area contributed by atoms with Crippen LogP contribution in [0.4, 0.5) is 13.2 Å². The van der Waals surface area contributed by atoms with E-state index in [1.807, 2.05) is 4.90 Å². The molecule has 0 radical (unpaired) electrons. The lowest BCUT2D eigenvalue weighted by Gasteiger charge is -2.29. The first-order valence-corrected chi connectivity index (χ1v) is 10.9. The molecule has 0 aliphatic carbocycles. The van der Waals surface area contributed by atoms with Crippen molar-refractivity contribution in [1.29, 1.82) is 0 Å². The van der Waals surface area contributed by atoms with Crippen LogP contribution in [0.25, 0.3) is 0 Å². The summed E-state index contributed by atoms with van der Waals surface area (Å²) in [5.41, 5.74) is -0.700. The highest BCUT2D eigenvalue weighted by molar-refractivity contribution is 14.0. The highest BCUT2D eigenvalue weighted by Gasteiger charge is 2.33. The number of guanidine groups is 1. The lowest BCUT2D eigenvalue weighted by Crippen LogP contribution is -2.53. The predicted octanol–water partition coefficient (Wildman–Crippen LogP) is 1.71. The van der Waals surface area contributed by atoms with Crippen LogP contribution in [-0.2, 0) is 10.0 Å². The van der Waals surface area contributed by atoms with Gasteiger partial charge in [-0.3, -0.25) is 9.89 Å². The van der Waals surface area contributed by atoms with E-state index in [1.54, 1.807) is 27.8 Å². The van der Waals surface area contributed by atoms with Crippen LogP contribution in [0.5, 0.6) is 0 Å². The van der Waals surface area contributed by atoms with E-state index in [4.69, 9.17) is 0 Å². The van der Waals surface area contributed by atoms with Gasteiger partial charge in [0, 0.05) is 38.8 Å². The SMILES string of the molecule is CCN(CC1CCN(C(=NC)NCC(C)(C)NS(C)(=O)=O)C1)CC(F)(F)F.I. The maximum Gasteiger partial charge on any atom is 0.401 e. The fraction of sp³-hybridized carbons (Fsp3) is 0.938. The minimum Gasteiger partial charge on any atom is -0.354 e. The molecule has 1 unspecified atom stereocenters. The van der Waals surface area contributed by atoms with Crippen molar-refractivity contribution in [3.8, 4) is 0 Å². The highest BCUT2D eigenvalue weighted by atomic mass is 127. The molecule has 0 aromatic rings. The minimum atomic E-state index is -4.19. The van der Waals surface area contributed by atoms with Gasteiger partial charge in [-0.2, -0.15) is 13.2 Å². The number of hydrogen-bond donors (Lipinski definition) is 2. The van der Waals surface area contributed by atoms with Crippen LogP contribution in [-0.4, -0.2) is 88.5 Å². The second-order valence-corrected chi connectivity index (χ2v) is 9.45. The van der Waals surface area contributed by atoms with E-state index in [9.17, 15) is 21.6 Å². The molecule has 1 fully saturated rings. The summed E-state index contributed by atoms with van der Waals surface area (Å²) in [5, 5.41) is 3.16. The zero-order valence-corrected chi connectivity index (χ0v) is 20.3. The highest BCUT2D eigenvalue weighted by Crippen LogP contribution is 2.21. The number of nitrogens with one attached hydrogen (secondary N) is 2. The Labute approximate surface area is 183 Å². The van der Waals surface area contributed by atoms with Gasteiger partial charge in [0.2, 0.25) is 10.0 Å². The Morgan fingerprint density at radius 3 is 2.39 bits per heavy atom. The molecule has 1 rings (SSSR count). The van der Waals surface area contributed by atoms with Gasteiger partial charge in [-0.15, -0.1) is 24.0 Å². The maximum absolute atomic E-state index is 12.6. The third-order valence-corrected chi connectivity index (χ3v) is 5.24. The van der Waals surface area contributed by atoms with Crippen molar-refractivity contribution in [2.45, 2.75) is 38.9 Å². The van der Waals surface area contributed by atoms with E-state index in [2.05, 4.69) is 15.0 Å². The first-order chi connectivity index (χ1) is 12.2. The second-order valence-electron chi connectivity index (χ2n) is 7.70. The van der Waals surface area contributed by atoms with E-state index in [-0.39, 0.29) is 29.9 Å². The van der Waals surface area contributed by atoms with Crippen molar-refractivity contribution in [1.82, 2.24) is 19.8 Å². The average molecular weight is 543 g/mol. The van der Waals surface area contributed by atoms with E-state index < -0.39 is 28.3 Å². The molecule has 1 aliphatic heterocycles. The van der Waals surface area contributed by atoms with E-state index >= 15 is 0 Å². The molecule has 1 aliphatic rings. The Bertz CT molecular complexity index is 614. The Morgan fingerprint density at radius 1 is 1.32 bits per heavy atom. The second kappa shape index (κ2) is 11.2. The molecule has 12 heteroatoms. The zero-order valence-electron chi connectivity index (χ0n) is 17.1. The van der Waals surface area contributed by atoms with Crippen LogP contribution >= 0.6 is 24.0 Å². The molecule has 28 heavy (non-hydrogen) atoms. The van der Waals surface area contributed by atoms with Crippen LogP contribution in [0.2, 0.25) is 0 Å². The summed E-state index contributed by atoms with van der Waals surface area (Å²) < 4.78 is 63.3. The third-order valence-electron chi connectivity index (χ3n) is 4.31. The lowest BCUT2D eigenvalue weighted by atomic mass is 10.1. The van der Waals surface area contributed by atoms with E-state index in [0.717, 1.165) is 12.7 Å². The Kier molecular flexibility index (Phi) is 11.0. The van der Waals surface area contributed by atoms with Crippen LogP contribution in [0, 0.1) is 5.92 Å². The number of aliphatic imine (C=N–C) groups is 1. The fourth-order valence-corrected chi connectivity index (χ4v) is 4.34. The Morgan fingerprint density at radius 2 is 1.93 bits per heavy atom. The van der Waals surface area contributed by atoms with Crippen molar-refractivity contribution < 1.29 is 21.6 Å². The van der Waals surface area contributed by atoms with Gasteiger partial charge in [-0.1, -0.05) is 6.92 Å². The van der Waals surface area contributed by atoms with Crippen molar-refractivity contribution in [2.24, 2.45) is 10.9 Å². The predicted molar refractivity (Wildman–Crippen MR) is 117 cm³/mol. The van der Waals surface area contributed by atoms with Gasteiger partial charge in [0.15, 0.2) is 5.96 Å². The van der Waals surface area contributed by atoms with E-state index in [1.165, 1.54) is 4.90 Å². The molecular weight excluding hydrogens is 510 g/mol. The summed E-state index contributed by atoms with van der Waals surface area (Å²) in [4.78, 5) is 7.65. The van der Waals surface area contributed by atoms with Crippen LogP contribution in [0.1, 0.15) is 27.2 Å². The van der Waals surface area contributed by atoms with Crippen molar-refractivity contribution >= 4 is 40.0 Å². The monoisotopic (exact) mass is 543 g/mol. The largest absolute Gasteiger partial charge is 0.401 e.